The molecule has 0 atom stereocenters. The van der Waals surface area contributed by atoms with E-state index in [1.165, 1.54) is 0 Å². The Kier molecular flexibility index (Phi) is 6.63. The molecule has 1 saturated heterocycles. The molecule has 0 spiro atoms. The lowest BCUT2D eigenvalue weighted by atomic mass is 10.0. The molecule has 6 nitrogen and oxygen atoms in total. The molecule has 2 heterocycles. The second-order valence-electron chi connectivity index (χ2n) is 8.09. The summed E-state index contributed by atoms with van der Waals surface area (Å²) in [6.45, 7) is 17.7. The first-order chi connectivity index (χ1) is 11.7. The third kappa shape index (κ3) is 5.28. The largest absolute Gasteiger partial charge is 0.379 e. The lowest BCUT2D eigenvalue weighted by Crippen LogP contribution is -2.55. The summed E-state index contributed by atoms with van der Waals surface area (Å²) in [5.41, 5.74) is 3.06. The van der Waals surface area contributed by atoms with Crippen LogP contribution in [0.25, 0.3) is 0 Å². The Morgan fingerprint density at radius 3 is 2.52 bits per heavy atom. The summed E-state index contributed by atoms with van der Waals surface area (Å²) in [5.74, 6) is 0.602. The maximum Gasteiger partial charge on any atom is 0.224 e. The molecule has 0 bridgehead atoms. The summed E-state index contributed by atoms with van der Waals surface area (Å²) >= 11 is 0. The molecule has 25 heavy (non-hydrogen) atoms. The molecule has 1 fully saturated rings. The number of rotatable bonds is 7. The zero-order chi connectivity index (χ0) is 18.6. The van der Waals surface area contributed by atoms with Crippen molar-refractivity contribution in [1.82, 2.24) is 20.0 Å². The second-order valence-corrected chi connectivity index (χ2v) is 8.09. The fourth-order valence-electron chi connectivity index (χ4n) is 3.33. The smallest absolute Gasteiger partial charge is 0.224 e. The Bertz CT molecular complexity index is 586. The highest BCUT2D eigenvalue weighted by molar-refractivity contribution is 5.79. The molecular formula is C19H34N4O2. The van der Waals surface area contributed by atoms with E-state index in [2.05, 4.69) is 49.9 Å². The molecule has 1 aliphatic heterocycles. The van der Waals surface area contributed by atoms with E-state index in [1.54, 1.807) is 0 Å². The van der Waals surface area contributed by atoms with Crippen molar-refractivity contribution in [2.24, 2.45) is 5.92 Å². The van der Waals surface area contributed by atoms with Gasteiger partial charge in [0.05, 0.1) is 25.3 Å². The summed E-state index contributed by atoms with van der Waals surface area (Å²) in [5, 5.41) is 7.71. The monoisotopic (exact) mass is 350 g/mol. The number of hydrogen-bond donors (Lipinski definition) is 1. The minimum absolute atomic E-state index is 0.0641. The van der Waals surface area contributed by atoms with Crippen molar-refractivity contribution in [2.75, 3.05) is 32.8 Å². The van der Waals surface area contributed by atoms with E-state index in [0.717, 1.165) is 49.8 Å². The van der Waals surface area contributed by atoms with Crippen LogP contribution in [0.1, 0.15) is 44.6 Å². The van der Waals surface area contributed by atoms with Crippen LogP contribution in [0.2, 0.25) is 0 Å². The van der Waals surface area contributed by atoms with E-state index in [9.17, 15) is 4.79 Å². The number of carbonyl (C=O) groups is 1. The molecule has 1 aromatic heterocycles. The van der Waals surface area contributed by atoms with Gasteiger partial charge in [-0.3, -0.25) is 14.4 Å². The van der Waals surface area contributed by atoms with Crippen molar-refractivity contribution in [3.05, 3.63) is 17.0 Å². The van der Waals surface area contributed by atoms with Crippen LogP contribution < -0.4 is 5.32 Å². The number of aromatic nitrogens is 2. The zero-order valence-electron chi connectivity index (χ0n) is 16.7. The Morgan fingerprint density at radius 1 is 1.28 bits per heavy atom. The van der Waals surface area contributed by atoms with Crippen LogP contribution in [-0.4, -0.2) is 59.0 Å². The van der Waals surface area contributed by atoms with Crippen molar-refractivity contribution in [3.63, 3.8) is 0 Å². The third-order valence-corrected chi connectivity index (χ3v) is 4.99. The van der Waals surface area contributed by atoms with Gasteiger partial charge in [0.1, 0.15) is 0 Å². The average Bonchev–Trinajstić information content (AvgIpc) is 2.81. The number of amides is 1. The molecular weight excluding hydrogens is 316 g/mol. The highest BCUT2D eigenvalue weighted by Gasteiger charge is 2.28. The van der Waals surface area contributed by atoms with Gasteiger partial charge in [0.15, 0.2) is 0 Å². The number of aryl methyl sites for hydroxylation is 1. The van der Waals surface area contributed by atoms with E-state index in [-0.39, 0.29) is 11.4 Å². The Hall–Kier alpha value is -1.40. The minimum atomic E-state index is -0.0641. The topological polar surface area (TPSA) is 59.4 Å². The maximum absolute atomic E-state index is 12.5. The van der Waals surface area contributed by atoms with Gasteiger partial charge in [-0.2, -0.15) is 5.10 Å². The molecule has 0 aliphatic carbocycles. The van der Waals surface area contributed by atoms with Crippen LogP contribution in [0.15, 0.2) is 0 Å². The minimum Gasteiger partial charge on any atom is -0.379 e. The van der Waals surface area contributed by atoms with Crippen molar-refractivity contribution in [2.45, 2.75) is 60.0 Å². The molecule has 1 amide bonds. The molecule has 1 aliphatic rings. The lowest BCUT2D eigenvalue weighted by Gasteiger charge is -2.40. The summed E-state index contributed by atoms with van der Waals surface area (Å²) in [7, 11) is 0. The van der Waals surface area contributed by atoms with Gasteiger partial charge in [0.25, 0.3) is 0 Å². The number of nitrogens with zero attached hydrogens (tertiary/aromatic N) is 3. The standard InChI is InChI=1S/C19H34N4O2/c1-14(2)12-23-16(4)17(15(3)21-23)11-18(24)20-13-19(5,6)22-7-9-25-10-8-22/h14H,7-13H2,1-6H3,(H,20,24). The predicted octanol–water partition coefficient (Wildman–Crippen LogP) is 1.93. The second kappa shape index (κ2) is 8.32. The van der Waals surface area contributed by atoms with Gasteiger partial charge in [-0.05, 0) is 33.6 Å². The maximum atomic E-state index is 12.5. The Balaban J connectivity index is 1.93. The first kappa shape index (κ1) is 19.9. The number of carbonyl (C=O) groups excluding carboxylic acids is 1. The van der Waals surface area contributed by atoms with E-state index in [1.807, 2.05) is 11.6 Å². The highest BCUT2D eigenvalue weighted by atomic mass is 16.5. The molecule has 1 N–H and O–H groups in total. The number of hydrogen-bond acceptors (Lipinski definition) is 4. The number of morpholine rings is 1. The lowest BCUT2D eigenvalue weighted by molar-refractivity contribution is -0.121. The van der Waals surface area contributed by atoms with Gasteiger partial charge in [-0.15, -0.1) is 0 Å². The number of nitrogens with one attached hydrogen (secondary N) is 1. The van der Waals surface area contributed by atoms with Crippen LogP contribution in [0.5, 0.6) is 0 Å². The Labute approximate surface area is 151 Å². The van der Waals surface area contributed by atoms with Gasteiger partial charge in [0, 0.05) is 43.0 Å². The molecule has 0 unspecified atom stereocenters. The third-order valence-electron chi connectivity index (χ3n) is 4.99. The highest BCUT2D eigenvalue weighted by Crippen LogP contribution is 2.17. The summed E-state index contributed by atoms with van der Waals surface area (Å²) in [6, 6.07) is 0. The molecule has 6 heteroatoms. The van der Waals surface area contributed by atoms with Gasteiger partial charge in [-0.1, -0.05) is 13.8 Å². The fourth-order valence-corrected chi connectivity index (χ4v) is 3.33. The summed E-state index contributed by atoms with van der Waals surface area (Å²) in [4.78, 5) is 14.9. The molecule has 0 radical (unpaired) electrons. The zero-order valence-corrected chi connectivity index (χ0v) is 16.7. The van der Waals surface area contributed by atoms with Crippen molar-refractivity contribution >= 4 is 5.91 Å². The van der Waals surface area contributed by atoms with Gasteiger partial charge >= 0.3 is 0 Å². The quantitative estimate of drug-likeness (QED) is 0.816. The van der Waals surface area contributed by atoms with Crippen LogP contribution in [0.3, 0.4) is 0 Å². The van der Waals surface area contributed by atoms with Crippen LogP contribution in [0, 0.1) is 19.8 Å². The average molecular weight is 351 g/mol. The molecule has 1 aromatic rings. The SMILES string of the molecule is Cc1nn(CC(C)C)c(C)c1CC(=O)NCC(C)(C)N1CCOCC1. The van der Waals surface area contributed by atoms with Gasteiger partial charge in [0.2, 0.25) is 5.91 Å². The molecule has 2 rings (SSSR count). The van der Waals surface area contributed by atoms with Crippen LogP contribution in [0.4, 0.5) is 0 Å². The molecule has 142 valence electrons. The fraction of sp³-hybridized carbons (Fsp3) is 0.789. The van der Waals surface area contributed by atoms with E-state index < -0.39 is 0 Å². The van der Waals surface area contributed by atoms with E-state index in [4.69, 9.17) is 4.74 Å². The first-order valence-electron chi connectivity index (χ1n) is 9.33. The van der Waals surface area contributed by atoms with E-state index >= 15 is 0 Å². The first-order valence-corrected chi connectivity index (χ1v) is 9.33. The summed E-state index contributed by atoms with van der Waals surface area (Å²) in [6.07, 6.45) is 0.398. The van der Waals surface area contributed by atoms with Crippen molar-refractivity contribution < 1.29 is 9.53 Å². The van der Waals surface area contributed by atoms with Crippen molar-refractivity contribution in [3.8, 4) is 0 Å². The van der Waals surface area contributed by atoms with Crippen molar-refractivity contribution in [1.29, 1.82) is 0 Å². The molecule has 0 aromatic carbocycles. The van der Waals surface area contributed by atoms with Crippen LogP contribution >= 0.6 is 0 Å². The van der Waals surface area contributed by atoms with Crippen LogP contribution in [-0.2, 0) is 22.5 Å². The van der Waals surface area contributed by atoms with Gasteiger partial charge < -0.3 is 10.1 Å². The Morgan fingerprint density at radius 2 is 1.92 bits per heavy atom. The molecule has 0 saturated carbocycles. The van der Waals surface area contributed by atoms with E-state index in [0.29, 0.717) is 18.9 Å². The summed E-state index contributed by atoms with van der Waals surface area (Å²) < 4.78 is 7.45. The normalized spacial score (nSPS) is 16.4. The predicted molar refractivity (Wildman–Crippen MR) is 99.7 cm³/mol. The number of ether oxygens (including phenoxy) is 1. The van der Waals surface area contributed by atoms with Gasteiger partial charge in [-0.25, -0.2) is 0 Å².